The Balaban J connectivity index is 1.88. The lowest BCUT2D eigenvalue weighted by Gasteiger charge is -2.08. The second-order valence-corrected chi connectivity index (χ2v) is 4.37. The van der Waals surface area contributed by atoms with Crippen LogP contribution in [0, 0.1) is 13.8 Å². The largest absolute Gasteiger partial charge is 0.363 e. The molecule has 3 rings (SSSR count). The summed E-state index contributed by atoms with van der Waals surface area (Å²) in [5.74, 6) is 1.58. The molecule has 0 atom stereocenters. The zero-order valence-corrected chi connectivity index (χ0v) is 10.8. The van der Waals surface area contributed by atoms with E-state index < -0.39 is 0 Å². The fraction of sp³-hybridized carbons (Fsp3) is 0.231. The molecule has 0 unspecified atom stereocenters. The van der Waals surface area contributed by atoms with Crippen molar-refractivity contribution in [3.05, 3.63) is 47.8 Å². The van der Waals surface area contributed by atoms with Gasteiger partial charge in [-0.3, -0.25) is 9.38 Å². The zero-order valence-electron chi connectivity index (χ0n) is 10.8. The van der Waals surface area contributed by atoms with Crippen LogP contribution in [-0.4, -0.2) is 24.6 Å². The Morgan fingerprint density at radius 1 is 1.21 bits per heavy atom. The number of nitrogens with one attached hydrogen (secondary N) is 1. The van der Waals surface area contributed by atoms with Crippen molar-refractivity contribution in [2.75, 3.05) is 5.32 Å². The van der Waals surface area contributed by atoms with E-state index in [2.05, 4.69) is 25.5 Å². The molecule has 0 aliphatic carbocycles. The maximum Gasteiger partial charge on any atom is 0.203 e. The van der Waals surface area contributed by atoms with Crippen molar-refractivity contribution < 1.29 is 0 Å². The van der Waals surface area contributed by atoms with Crippen LogP contribution >= 0.6 is 0 Å². The Bertz CT molecular complexity index is 718. The van der Waals surface area contributed by atoms with Crippen molar-refractivity contribution in [3.8, 4) is 0 Å². The summed E-state index contributed by atoms with van der Waals surface area (Å²) >= 11 is 0. The number of anilines is 1. The lowest BCUT2D eigenvalue weighted by atomic mass is 10.1. The number of rotatable bonds is 3. The molecule has 0 bridgehead atoms. The van der Waals surface area contributed by atoms with Gasteiger partial charge >= 0.3 is 0 Å². The van der Waals surface area contributed by atoms with E-state index in [-0.39, 0.29) is 0 Å². The van der Waals surface area contributed by atoms with Gasteiger partial charge in [-0.2, -0.15) is 0 Å². The van der Waals surface area contributed by atoms with Gasteiger partial charge < -0.3 is 5.32 Å². The van der Waals surface area contributed by atoms with Gasteiger partial charge in [-0.15, -0.1) is 10.2 Å². The molecule has 3 heterocycles. The molecule has 0 aliphatic heterocycles. The highest BCUT2D eigenvalue weighted by Crippen LogP contribution is 2.14. The summed E-state index contributed by atoms with van der Waals surface area (Å²) in [5, 5.41) is 11.5. The summed E-state index contributed by atoms with van der Waals surface area (Å²) in [6.07, 6.45) is 7.24. The van der Waals surface area contributed by atoms with Crippen molar-refractivity contribution in [3.63, 3.8) is 0 Å². The number of hydrogen-bond donors (Lipinski definition) is 1. The molecule has 0 aromatic carbocycles. The summed E-state index contributed by atoms with van der Waals surface area (Å²) in [6.45, 7) is 4.64. The number of aromatic nitrogens is 5. The number of pyridine rings is 1. The monoisotopic (exact) mass is 254 g/mol. The quantitative estimate of drug-likeness (QED) is 0.771. The van der Waals surface area contributed by atoms with E-state index in [1.807, 2.05) is 36.7 Å². The third-order valence-electron chi connectivity index (χ3n) is 3.08. The Morgan fingerprint density at radius 2 is 2.11 bits per heavy atom. The summed E-state index contributed by atoms with van der Waals surface area (Å²) in [4.78, 5) is 8.40. The van der Waals surface area contributed by atoms with Crippen LogP contribution < -0.4 is 5.32 Å². The topological polar surface area (TPSA) is 68.0 Å². The van der Waals surface area contributed by atoms with Crippen molar-refractivity contribution in [1.82, 2.24) is 24.6 Å². The van der Waals surface area contributed by atoms with Gasteiger partial charge in [-0.25, -0.2) is 4.98 Å². The Kier molecular flexibility index (Phi) is 2.83. The summed E-state index contributed by atoms with van der Waals surface area (Å²) in [5.41, 5.74) is 3.08. The van der Waals surface area contributed by atoms with Crippen LogP contribution in [0.15, 0.2) is 30.9 Å². The minimum atomic E-state index is 0.687. The first-order valence-electron chi connectivity index (χ1n) is 6.05. The van der Waals surface area contributed by atoms with E-state index in [0.29, 0.717) is 6.54 Å². The minimum absolute atomic E-state index is 0.687. The molecular formula is C13H14N6. The van der Waals surface area contributed by atoms with E-state index >= 15 is 0 Å². The third kappa shape index (κ3) is 2.12. The molecular weight excluding hydrogens is 240 g/mol. The lowest BCUT2D eigenvalue weighted by Crippen LogP contribution is -2.05. The second kappa shape index (κ2) is 4.64. The van der Waals surface area contributed by atoms with Gasteiger partial charge in [0.25, 0.3) is 0 Å². The molecule has 0 radical (unpaired) electrons. The van der Waals surface area contributed by atoms with E-state index in [1.54, 1.807) is 12.4 Å². The van der Waals surface area contributed by atoms with E-state index in [1.165, 1.54) is 5.56 Å². The average molecular weight is 254 g/mol. The highest BCUT2D eigenvalue weighted by atomic mass is 15.3. The molecule has 3 aromatic heterocycles. The van der Waals surface area contributed by atoms with Crippen LogP contribution in [0.3, 0.4) is 0 Å². The molecule has 1 N–H and O–H groups in total. The second-order valence-electron chi connectivity index (χ2n) is 4.37. The van der Waals surface area contributed by atoms with Crippen molar-refractivity contribution in [1.29, 1.82) is 0 Å². The van der Waals surface area contributed by atoms with Crippen LogP contribution in [0.25, 0.3) is 5.65 Å². The Hall–Kier alpha value is -2.50. The Labute approximate surface area is 110 Å². The van der Waals surface area contributed by atoms with Crippen LogP contribution in [-0.2, 0) is 6.54 Å². The molecule has 96 valence electrons. The maximum atomic E-state index is 4.31. The molecule has 0 saturated carbocycles. The summed E-state index contributed by atoms with van der Waals surface area (Å²) < 4.78 is 1.91. The predicted octanol–water partition coefficient (Wildman–Crippen LogP) is 1.75. The van der Waals surface area contributed by atoms with Gasteiger partial charge in [0.15, 0.2) is 5.82 Å². The van der Waals surface area contributed by atoms with Crippen LogP contribution in [0.5, 0.6) is 0 Å². The fourth-order valence-corrected chi connectivity index (χ4v) is 1.95. The number of aryl methyl sites for hydroxylation is 2. The molecule has 0 saturated heterocycles. The first-order valence-corrected chi connectivity index (χ1v) is 6.05. The number of fused-ring (bicyclic) bond motifs is 1. The molecule has 0 amide bonds. The standard InChI is InChI=1S/C13H14N6/c1-9-7-14-4-3-11(9)8-16-12-13-18-17-10(2)19(13)6-5-15-12/h3-7H,8H2,1-2H3,(H,15,16). The smallest absolute Gasteiger partial charge is 0.203 e. The number of nitrogens with zero attached hydrogens (tertiary/aromatic N) is 5. The molecule has 0 fully saturated rings. The van der Waals surface area contributed by atoms with Crippen molar-refractivity contribution in [2.45, 2.75) is 20.4 Å². The Morgan fingerprint density at radius 3 is 2.95 bits per heavy atom. The summed E-state index contributed by atoms with van der Waals surface area (Å²) in [7, 11) is 0. The van der Waals surface area contributed by atoms with Gasteiger partial charge in [-0.1, -0.05) is 0 Å². The van der Waals surface area contributed by atoms with Crippen LogP contribution in [0.4, 0.5) is 5.82 Å². The predicted molar refractivity (Wildman–Crippen MR) is 71.8 cm³/mol. The lowest BCUT2D eigenvalue weighted by molar-refractivity contribution is 0.999. The maximum absolute atomic E-state index is 4.31. The minimum Gasteiger partial charge on any atom is -0.363 e. The van der Waals surface area contributed by atoms with Crippen molar-refractivity contribution in [2.24, 2.45) is 0 Å². The van der Waals surface area contributed by atoms with E-state index in [9.17, 15) is 0 Å². The van der Waals surface area contributed by atoms with Gasteiger partial charge in [0.1, 0.15) is 5.82 Å². The highest BCUT2D eigenvalue weighted by Gasteiger charge is 2.07. The van der Waals surface area contributed by atoms with Gasteiger partial charge in [-0.05, 0) is 31.0 Å². The molecule has 6 nitrogen and oxygen atoms in total. The zero-order chi connectivity index (χ0) is 13.2. The van der Waals surface area contributed by atoms with Crippen LogP contribution in [0.1, 0.15) is 17.0 Å². The number of hydrogen-bond acceptors (Lipinski definition) is 5. The molecule has 3 aromatic rings. The van der Waals surface area contributed by atoms with Gasteiger partial charge in [0, 0.05) is 31.3 Å². The molecule has 0 spiro atoms. The first-order chi connectivity index (χ1) is 9.25. The average Bonchev–Trinajstić information content (AvgIpc) is 2.81. The van der Waals surface area contributed by atoms with Crippen LogP contribution in [0.2, 0.25) is 0 Å². The normalized spacial score (nSPS) is 10.8. The SMILES string of the molecule is Cc1cnccc1CNc1nccn2c(C)nnc12. The van der Waals surface area contributed by atoms with E-state index in [0.717, 1.165) is 22.9 Å². The molecule has 6 heteroatoms. The highest BCUT2D eigenvalue weighted by molar-refractivity contribution is 5.62. The van der Waals surface area contributed by atoms with E-state index in [4.69, 9.17) is 0 Å². The van der Waals surface area contributed by atoms with Gasteiger partial charge in [0.2, 0.25) is 5.65 Å². The fourth-order valence-electron chi connectivity index (χ4n) is 1.95. The first kappa shape index (κ1) is 11.6. The molecule has 0 aliphatic rings. The van der Waals surface area contributed by atoms with Gasteiger partial charge in [0.05, 0.1) is 0 Å². The third-order valence-corrected chi connectivity index (χ3v) is 3.08. The van der Waals surface area contributed by atoms with Crippen molar-refractivity contribution >= 4 is 11.5 Å². The molecule has 19 heavy (non-hydrogen) atoms. The summed E-state index contributed by atoms with van der Waals surface area (Å²) in [6, 6.07) is 2.00.